The predicted octanol–water partition coefficient (Wildman–Crippen LogP) is 6.84. The summed E-state index contributed by atoms with van der Waals surface area (Å²) in [6.07, 6.45) is 0. The molecule has 0 saturated heterocycles. The van der Waals surface area contributed by atoms with E-state index in [0.717, 1.165) is 26.7 Å². The molecule has 0 saturated carbocycles. The Bertz CT molecular complexity index is 1560. The van der Waals surface area contributed by atoms with Gasteiger partial charge in [-0.15, -0.1) is 0 Å². The van der Waals surface area contributed by atoms with Gasteiger partial charge >= 0.3 is 5.97 Å². The van der Waals surface area contributed by atoms with Crippen LogP contribution in [0.2, 0.25) is 0 Å². The molecule has 0 aliphatic rings. The lowest BCUT2D eigenvalue weighted by atomic mass is 9.96. The molecule has 4 nitrogen and oxygen atoms in total. The molecule has 0 unspecified atom stereocenters. The second-order valence-corrected chi connectivity index (χ2v) is 8.95. The van der Waals surface area contributed by atoms with Crippen LogP contribution in [-0.4, -0.2) is 15.6 Å². The van der Waals surface area contributed by atoms with Gasteiger partial charge in [0.2, 0.25) is 0 Å². The first-order valence-corrected chi connectivity index (χ1v) is 11.6. The van der Waals surface area contributed by atoms with E-state index in [2.05, 4.69) is 15.9 Å². The zero-order chi connectivity index (χ0) is 23.7. The summed E-state index contributed by atoms with van der Waals surface area (Å²) in [6, 6.07) is 32.6. The van der Waals surface area contributed by atoms with E-state index in [1.165, 1.54) is 4.57 Å². The number of aromatic carboxylic acids is 1. The number of fused-ring (bicyclic) bond motifs is 1. The van der Waals surface area contributed by atoms with Crippen LogP contribution in [0.15, 0.2) is 112 Å². The van der Waals surface area contributed by atoms with Gasteiger partial charge in [0.05, 0.1) is 6.54 Å². The van der Waals surface area contributed by atoms with Crippen molar-refractivity contribution < 1.29 is 9.90 Å². The Labute approximate surface area is 204 Å². The van der Waals surface area contributed by atoms with Gasteiger partial charge in [0.25, 0.3) is 5.56 Å². The molecule has 1 heterocycles. The fraction of sp³-hybridized carbons (Fsp3) is 0.0345. The molecule has 166 valence electrons. The number of halogens is 1. The smallest absolute Gasteiger partial charge is 0.353 e. The van der Waals surface area contributed by atoms with Crippen molar-refractivity contribution in [1.29, 1.82) is 0 Å². The Morgan fingerprint density at radius 2 is 1.32 bits per heavy atom. The molecular formula is C29H20BrNO3. The van der Waals surface area contributed by atoms with Gasteiger partial charge in [0.15, 0.2) is 0 Å². The zero-order valence-electron chi connectivity index (χ0n) is 18.1. The number of carboxylic acid groups (broad SMARTS) is 1. The number of benzene rings is 4. The van der Waals surface area contributed by atoms with Gasteiger partial charge in [0, 0.05) is 15.4 Å². The molecule has 5 heteroatoms. The normalized spacial score (nSPS) is 11.0. The lowest BCUT2D eigenvalue weighted by Crippen LogP contribution is -2.28. The number of carboxylic acids is 1. The van der Waals surface area contributed by atoms with Crippen molar-refractivity contribution in [2.45, 2.75) is 6.54 Å². The van der Waals surface area contributed by atoms with E-state index in [-0.39, 0.29) is 17.8 Å². The van der Waals surface area contributed by atoms with Crippen LogP contribution in [0.5, 0.6) is 0 Å². The maximum Gasteiger partial charge on any atom is 0.353 e. The van der Waals surface area contributed by atoms with E-state index in [1.54, 1.807) is 12.1 Å². The van der Waals surface area contributed by atoms with Crippen molar-refractivity contribution in [2.24, 2.45) is 0 Å². The van der Waals surface area contributed by atoms with Crippen LogP contribution in [0, 0.1) is 0 Å². The van der Waals surface area contributed by atoms with Crippen molar-refractivity contribution in [3.8, 4) is 22.3 Å². The van der Waals surface area contributed by atoms with Gasteiger partial charge in [0.1, 0.15) is 5.69 Å². The van der Waals surface area contributed by atoms with Gasteiger partial charge in [-0.2, -0.15) is 0 Å². The second kappa shape index (κ2) is 9.12. The first kappa shape index (κ1) is 21.9. The van der Waals surface area contributed by atoms with Crippen molar-refractivity contribution in [3.63, 3.8) is 0 Å². The number of rotatable bonds is 5. The lowest BCUT2D eigenvalue weighted by Gasteiger charge is -2.18. The van der Waals surface area contributed by atoms with E-state index in [0.29, 0.717) is 16.3 Å². The van der Waals surface area contributed by atoms with Crippen LogP contribution in [0.25, 0.3) is 33.0 Å². The van der Waals surface area contributed by atoms with Crippen molar-refractivity contribution in [2.75, 3.05) is 0 Å². The molecule has 34 heavy (non-hydrogen) atoms. The number of aromatic nitrogens is 1. The molecule has 0 bridgehead atoms. The average Bonchev–Trinajstić information content (AvgIpc) is 2.86. The Morgan fingerprint density at radius 1 is 0.735 bits per heavy atom. The van der Waals surface area contributed by atoms with E-state index in [1.807, 2.05) is 91.0 Å². The summed E-state index contributed by atoms with van der Waals surface area (Å²) in [4.78, 5) is 26.1. The molecule has 4 aromatic carbocycles. The molecule has 5 aromatic rings. The first-order valence-electron chi connectivity index (χ1n) is 10.8. The monoisotopic (exact) mass is 509 g/mol. The fourth-order valence-electron chi connectivity index (χ4n) is 4.31. The van der Waals surface area contributed by atoms with Crippen LogP contribution >= 0.6 is 15.9 Å². The summed E-state index contributed by atoms with van der Waals surface area (Å²) < 4.78 is 2.15. The zero-order valence-corrected chi connectivity index (χ0v) is 19.7. The topological polar surface area (TPSA) is 59.3 Å². The van der Waals surface area contributed by atoms with E-state index in [4.69, 9.17) is 0 Å². The van der Waals surface area contributed by atoms with Crippen LogP contribution in [0.4, 0.5) is 0 Å². The number of pyridine rings is 1. The molecule has 0 amide bonds. The SMILES string of the molecule is O=C(O)c1c(-c2ccccc2)c2cc(Br)ccc2c(=O)n1Cc1ccc(-c2ccccc2)cc1. The van der Waals surface area contributed by atoms with Crippen LogP contribution in [-0.2, 0) is 6.54 Å². The summed E-state index contributed by atoms with van der Waals surface area (Å²) in [5.74, 6) is -1.14. The third-order valence-electron chi connectivity index (χ3n) is 5.90. The highest BCUT2D eigenvalue weighted by molar-refractivity contribution is 9.10. The Balaban J connectivity index is 1.70. The molecule has 0 aliphatic heterocycles. The van der Waals surface area contributed by atoms with Gasteiger partial charge < -0.3 is 5.11 Å². The highest BCUT2D eigenvalue weighted by Crippen LogP contribution is 2.33. The summed E-state index contributed by atoms with van der Waals surface area (Å²) in [5, 5.41) is 11.3. The molecule has 0 radical (unpaired) electrons. The Kier molecular flexibility index (Phi) is 5.86. The first-order chi connectivity index (χ1) is 16.5. The van der Waals surface area contributed by atoms with Gasteiger partial charge in [-0.3, -0.25) is 9.36 Å². The van der Waals surface area contributed by atoms with E-state index in [9.17, 15) is 14.7 Å². The molecular weight excluding hydrogens is 490 g/mol. The number of hydrogen-bond acceptors (Lipinski definition) is 2. The molecule has 1 N–H and O–H groups in total. The Morgan fingerprint density at radius 3 is 1.94 bits per heavy atom. The third-order valence-corrected chi connectivity index (χ3v) is 6.39. The van der Waals surface area contributed by atoms with Crippen molar-refractivity contribution in [1.82, 2.24) is 4.57 Å². The summed E-state index contributed by atoms with van der Waals surface area (Å²) in [6.45, 7) is 0.154. The Hall–Kier alpha value is -3.96. The molecule has 5 rings (SSSR count). The standard InChI is InChI=1S/C29H20BrNO3/c30-23-15-16-24-25(17-23)26(22-9-5-2-6-10-22)27(29(33)34)31(28(24)32)18-19-11-13-21(14-12-19)20-7-3-1-4-8-20/h1-17H,18H2,(H,33,34). The van der Waals surface area contributed by atoms with Gasteiger partial charge in [-0.25, -0.2) is 4.79 Å². The van der Waals surface area contributed by atoms with Gasteiger partial charge in [-0.05, 0) is 45.8 Å². The quantitative estimate of drug-likeness (QED) is 0.282. The largest absolute Gasteiger partial charge is 0.477 e. The highest BCUT2D eigenvalue weighted by Gasteiger charge is 2.23. The number of hydrogen-bond donors (Lipinski definition) is 1. The highest BCUT2D eigenvalue weighted by atomic mass is 79.9. The molecule has 0 atom stereocenters. The van der Waals surface area contributed by atoms with Crippen LogP contribution in [0.3, 0.4) is 0 Å². The molecule has 0 fully saturated rings. The van der Waals surface area contributed by atoms with Gasteiger partial charge in [-0.1, -0.05) is 101 Å². The maximum absolute atomic E-state index is 13.5. The van der Waals surface area contributed by atoms with E-state index < -0.39 is 5.97 Å². The third kappa shape index (κ3) is 4.06. The number of carbonyl (C=O) groups is 1. The predicted molar refractivity (Wildman–Crippen MR) is 139 cm³/mol. The van der Waals surface area contributed by atoms with Crippen molar-refractivity contribution in [3.05, 3.63) is 129 Å². The van der Waals surface area contributed by atoms with Crippen LogP contribution in [0.1, 0.15) is 16.1 Å². The van der Waals surface area contributed by atoms with Crippen LogP contribution < -0.4 is 5.56 Å². The summed E-state index contributed by atoms with van der Waals surface area (Å²) in [5.41, 5.74) is 3.94. The molecule has 0 aliphatic carbocycles. The lowest BCUT2D eigenvalue weighted by molar-refractivity contribution is 0.0685. The second-order valence-electron chi connectivity index (χ2n) is 8.04. The summed E-state index contributed by atoms with van der Waals surface area (Å²) >= 11 is 3.47. The maximum atomic E-state index is 13.5. The average molecular weight is 510 g/mol. The van der Waals surface area contributed by atoms with Crippen molar-refractivity contribution >= 4 is 32.7 Å². The fourth-order valence-corrected chi connectivity index (χ4v) is 4.67. The molecule has 0 spiro atoms. The summed E-state index contributed by atoms with van der Waals surface area (Å²) in [7, 11) is 0. The molecule has 1 aromatic heterocycles. The minimum absolute atomic E-state index is 0.0195. The minimum Gasteiger partial charge on any atom is -0.477 e. The minimum atomic E-state index is -1.14. The number of nitrogens with zero attached hydrogens (tertiary/aromatic N) is 1. The van der Waals surface area contributed by atoms with E-state index >= 15 is 0 Å².